The number of aryl methyl sites for hydroxylation is 1. The van der Waals surface area contributed by atoms with E-state index in [-0.39, 0.29) is 24.4 Å². The molecule has 2 aromatic carbocycles. The third-order valence-corrected chi connectivity index (χ3v) is 7.28. The van der Waals surface area contributed by atoms with Crippen molar-refractivity contribution in [2.45, 2.75) is 83.4 Å². The first kappa shape index (κ1) is 23.2. The average molecular weight is 503 g/mol. The van der Waals surface area contributed by atoms with E-state index in [1.807, 2.05) is 50.6 Å². The van der Waals surface area contributed by atoms with Crippen molar-refractivity contribution in [1.29, 1.82) is 0 Å². The van der Waals surface area contributed by atoms with Crippen LogP contribution in [0.15, 0.2) is 48.5 Å². The summed E-state index contributed by atoms with van der Waals surface area (Å²) in [6, 6.07) is 16.4. The molecule has 37 heavy (non-hydrogen) atoms. The first-order valence-electron chi connectivity index (χ1n) is 12.7. The molecular formula is C28H30N4O5. The fourth-order valence-electron chi connectivity index (χ4n) is 5.74. The largest absolute Gasteiger partial charge is 0.342 e. The molecule has 0 bridgehead atoms. The average Bonchev–Trinajstić information content (AvgIpc) is 3.51. The molecule has 5 atom stereocenters. The summed E-state index contributed by atoms with van der Waals surface area (Å²) in [7, 11) is 0. The molecule has 0 N–H and O–H groups in total. The molecule has 9 heteroatoms. The molecule has 3 saturated heterocycles. The first-order chi connectivity index (χ1) is 17.7. The first-order valence-corrected chi connectivity index (χ1v) is 12.7. The fourth-order valence-corrected chi connectivity index (χ4v) is 5.74. The van der Waals surface area contributed by atoms with Crippen LogP contribution in [0.1, 0.15) is 33.3 Å². The Morgan fingerprint density at radius 3 is 2.35 bits per heavy atom. The summed E-state index contributed by atoms with van der Waals surface area (Å²) in [5.41, 5.74) is 5.53. The Kier molecular flexibility index (Phi) is 5.03. The van der Waals surface area contributed by atoms with E-state index in [1.165, 1.54) is 5.56 Å². The molecule has 3 fully saturated rings. The molecule has 0 spiro atoms. The molecule has 9 nitrogen and oxygen atoms in total. The summed E-state index contributed by atoms with van der Waals surface area (Å²) >= 11 is 0. The normalized spacial score (nSPS) is 30.0. The molecule has 4 aromatic rings. The maximum absolute atomic E-state index is 6.46. The van der Waals surface area contributed by atoms with Gasteiger partial charge in [-0.3, -0.25) is 0 Å². The van der Waals surface area contributed by atoms with Crippen molar-refractivity contribution >= 4 is 21.9 Å². The second kappa shape index (κ2) is 8.02. The predicted octanol–water partition coefficient (Wildman–Crippen LogP) is 4.35. The summed E-state index contributed by atoms with van der Waals surface area (Å²) in [6.07, 6.45) is -1.99. The molecule has 0 saturated carbocycles. The minimum absolute atomic E-state index is 0.322. The Balaban J connectivity index is 1.32. The molecule has 0 radical (unpaired) electrons. The zero-order chi connectivity index (χ0) is 25.5. The van der Waals surface area contributed by atoms with E-state index in [0.717, 1.165) is 33.2 Å². The topological polar surface area (TPSA) is 89.8 Å². The Morgan fingerprint density at radius 1 is 0.838 bits per heavy atom. The van der Waals surface area contributed by atoms with Crippen LogP contribution >= 0.6 is 0 Å². The molecule has 192 valence electrons. The van der Waals surface area contributed by atoms with Crippen molar-refractivity contribution in [3.8, 4) is 11.3 Å². The third kappa shape index (κ3) is 3.84. The van der Waals surface area contributed by atoms with Crippen LogP contribution in [-0.4, -0.2) is 62.3 Å². The van der Waals surface area contributed by atoms with Gasteiger partial charge in [-0.05, 0) is 40.7 Å². The van der Waals surface area contributed by atoms with Crippen LogP contribution in [0.3, 0.4) is 0 Å². The number of hydrogen-bond acceptors (Lipinski definition) is 8. The maximum Gasteiger partial charge on any atom is 0.190 e. The summed E-state index contributed by atoms with van der Waals surface area (Å²) < 4.78 is 33.2. The predicted molar refractivity (Wildman–Crippen MR) is 136 cm³/mol. The zero-order valence-corrected chi connectivity index (χ0v) is 21.5. The highest BCUT2D eigenvalue weighted by atomic mass is 16.9. The number of hydrogen-bond donors (Lipinski definition) is 0. The molecule has 7 rings (SSSR count). The van der Waals surface area contributed by atoms with Crippen molar-refractivity contribution in [3.63, 3.8) is 0 Å². The highest BCUT2D eigenvalue weighted by Crippen LogP contribution is 2.44. The third-order valence-electron chi connectivity index (χ3n) is 7.28. The number of ether oxygens (including phenoxy) is 5. The van der Waals surface area contributed by atoms with Crippen molar-refractivity contribution in [2.75, 3.05) is 0 Å². The van der Waals surface area contributed by atoms with Crippen LogP contribution in [0.5, 0.6) is 0 Å². The molecule has 3 aliphatic rings. The number of nitrogens with zero attached hydrogens (tertiary/aromatic N) is 4. The standard InChI is InChI=1S/C28H30N4O5/c1-15-10-12-16(13-11-15)20-21-22(17-8-6-7-9-18(17)29-20)32(31-30-21)14-19-23-24(35-27(2,3)34-23)25-26(33-19)37-28(4,5)36-25/h6-13,19,23-26H,14H2,1-5H3/t19-,23+,24+,25-,26-/m1/s1. The quantitative estimate of drug-likeness (QED) is 0.409. The second-order valence-corrected chi connectivity index (χ2v) is 11.0. The van der Waals surface area contributed by atoms with Gasteiger partial charge in [0, 0.05) is 10.9 Å². The minimum atomic E-state index is -0.768. The monoisotopic (exact) mass is 502 g/mol. The Labute approximate surface area is 214 Å². The van der Waals surface area contributed by atoms with Crippen LogP contribution in [0.2, 0.25) is 0 Å². The van der Waals surface area contributed by atoms with Crippen molar-refractivity contribution < 1.29 is 23.7 Å². The summed E-state index contributed by atoms with van der Waals surface area (Å²) in [4.78, 5) is 4.97. The van der Waals surface area contributed by atoms with E-state index in [4.69, 9.17) is 28.7 Å². The van der Waals surface area contributed by atoms with Crippen LogP contribution in [0.4, 0.5) is 0 Å². The van der Waals surface area contributed by atoms with Gasteiger partial charge in [0.15, 0.2) is 17.9 Å². The lowest BCUT2D eigenvalue weighted by Gasteiger charge is -2.37. The van der Waals surface area contributed by atoms with Gasteiger partial charge >= 0.3 is 0 Å². The fraction of sp³-hybridized carbons (Fsp3) is 0.464. The number of aromatic nitrogens is 4. The van der Waals surface area contributed by atoms with Crippen LogP contribution in [0.25, 0.3) is 33.2 Å². The molecule has 3 aliphatic heterocycles. The van der Waals surface area contributed by atoms with Gasteiger partial charge < -0.3 is 23.7 Å². The molecule has 0 amide bonds. The van der Waals surface area contributed by atoms with Gasteiger partial charge in [-0.15, -0.1) is 5.10 Å². The van der Waals surface area contributed by atoms with E-state index in [1.54, 1.807) is 0 Å². The van der Waals surface area contributed by atoms with E-state index in [2.05, 4.69) is 47.6 Å². The van der Waals surface area contributed by atoms with E-state index < -0.39 is 17.9 Å². The summed E-state index contributed by atoms with van der Waals surface area (Å²) in [5, 5.41) is 10.2. The van der Waals surface area contributed by atoms with Crippen LogP contribution < -0.4 is 0 Å². The van der Waals surface area contributed by atoms with E-state index >= 15 is 0 Å². The van der Waals surface area contributed by atoms with Crippen LogP contribution in [-0.2, 0) is 30.2 Å². The SMILES string of the molecule is Cc1ccc(-c2nc3ccccc3c3c2nnn3C[C@H]2O[C@@H]3OC(C)(C)O[C@@H]3[C@H]3OC(C)(C)O[C@H]32)cc1. The maximum atomic E-state index is 6.46. The summed E-state index contributed by atoms with van der Waals surface area (Å²) in [5.74, 6) is -1.53. The van der Waals surface area contributed by atoms with Crippen molar-refractivity contribution in [1.82, 2.24) is 20.0 Å². The molecule has 5 heterocycles. The van der Waals surface area contributed by atoms with Gasteiger partial charge in [0.1, 0.15) is 41.1 Å². The lowest BCUT2D eigenvalue weighted by atomic mass is 9.99. The number of pyridine rings is 1. The van der Waals surface area contributed by atoms with Crippen molar-refractivity contribution in [3.05, 3.63) is 54.1 Å². The Bertz CT molecular complexity index is 1500. The van der Waals surface area contributed by atoms with E-state index in [9.17, 15) is 0 Å². The molecule has 2 aromatic heterocycles. The lowest BCUT2D eigenvalue weighted by molar-refractivity contribution is -0.236. The molecular weight excluding hydrogens is 472 g/mol. The van der Waals surface area contributed by atoms with E-state index in [0.29, 0.717) is 6.54 Å². The number of para-hydroxylation sites is 1. The highest BCUT2D eigenvalue weighted by Gasteiger charge is 2.60. The Hall–Kier alpha value is -2.95. The smallest absolute Gasteiger partial charge is 0.190 e. The lowest BCUT2D eigenvalue weighted by Crippen LogP contribution is -2.56. The van der Waals surface area contributed by atoms with Crippen LogP contribution in [0, 0.1) is 6.92 Å². The van der Waals surface area contributed by atoms with Gasteiger partial charge in [0.05, 0.1) is 12.1 Å². The molecule has 0 unspecified atom stereocenters. The van der Waals surface area contributed by atoms with Crippen molar-refractivity contribution in [2.24, 2.45) is 0 Å². The minimum Gasteiger partial charge on any atom is -0.342 e. The number of fused-ring (bicyclic) bond motifs is 6. The zero-order valence-electron chi connectivity index (χ0n) is 21.5. The number of rotatable bonds is 3. The van der Waals surface area contributed by atoms with Gasteiger partial charge in [-0.2, -0.15) is 0 Å². The van der Waals surface area contributed by atoms with Gasteiger partial charge in [0.2, 0.25) is 0 Å². The molecule has 0 aliphatic carbocycles. The van der Waals surface area contributed by atoms with Gasteiger partial charge in [-0.1, -0.05) is 53.2 Å². The number of benzene rings is 2. The van der Waals surface area contributed by atoms with Gasteiger partial charge in [-0.25, -0.2) is 9.67 Å². The Morgan fingerprint density at radius 2 is 1.54 bits per heavy atom. The second-order valence-electron chi connectivity index (χ2n) is 11.0. The van der Waals surface area contributed by atoms with Gasteiger partial charge in [0.25, 0.3) is 0 Å². The highest BCUT2D eigenvalue weighted by molar-refractivity contribution is 6.07. The summed E-state index contributed by atoms with van der Waals surface area (Å²) in [6.45, 7) is 10.1.